The first-order chi connectivity index (χ1) is 8.48. The lowest BCUT2D eigenvalue weighted by molar-refractivity contribution is 0.0697. The van der Waals surface area contributed by atoms with Crippen LogP contribution in [0.1, 0.15) is 31.1 Å². The number of halogens is 1. The Hall–Kier alpha value is -1.12. The molecule has 0 bridgehead atoms. The summed E-state index contributed by atoms with van der Waals surface area (Å²) in [7, 11) is -3.77. The number of aromatic carboxylic acids is 1. The molecule has 0 atom stereocenters. The van der Waals surface area contributed by atoms with Crippen molar-refractivity contribution in [1.29, 1.82) is 0 Å². The van der Waals surface area contributed by atoms with Crippen LogP contribution in [-0.4, -0.2) is 25.0 Å². The molecular weight excluding hydrogens is 336 g/mol. The van der Waals surface area contributed by atoms with Gasteiger partial charge in [0.05, 0.1) is 11.3 Å². The molecule has 0 unspecified atom stereocenters. The number of hydrogen-bond donors (Lipinski definition) is 3. The molecule has 0 spiro atoms. The van der Waals surface area contributed by atoms with Crippen molar-refractivity contribution >= 4 is 37.8 Å². The van der Waals surface area contributed by atoms with Crippen LogP contribution in [0.4, 0.5) is 5.69 Å². The number of hydrogen-bond acceptors (Lipinski definition) is 3. The molecule has 0 aliphatic heterocycles. The first kappa shape index (κ1) is 15.9. The van der Waals surface area contributed by atoms with Crippen molar-refractivity contribution in [2.24, 2.45) is 0 Å². The molecule has 0 saturated carbocycles. The molecule has 19 heavy (non-hydrogen) atoms. The summed E-state index contributed by atoms with van der Waals surface area (Å²) in [6.07, 6.45) is 0. The van der Waals surface area contributed by atoms with Crippen LogP contribution in [0.3, 0.4) is 0 Å². The minimum Gasteiger partial charge on any atom is -0.478 e. The van der Waals surface area contributed by atoms with Gasteiger partial charge in [-0.1, -0.05) is 15.9 Å². The number of benzene rings is 1. The lowest BCUT2D eigenvalue weighted by Crippen LogP contribution is -2.43. The van der Waals surface area contributed by atoms with Gasteiger partial charge in [0.15, 0.2) is 0 Å². The summed E-state index contributed by atoms with van der Waals surface area (Å²) in [5.74, 6) is -1.13. The van der Waals surface area contributed by atoms with E-state index >= 15 is 0 Å². The summed E-state index contributed by atoms with van der Waals surface area (Å²) < 4.78 is 28.8. The van der Waals surface area contributed by atoms with E-state index in [9.17, 15) is 13.2 Å². The molecule has 0 aliphatic rings. The highest BCUT2D eigenvalue weighted by atomic mass is 79.9. The molecule has 0 aliphatic carbocycles. The van der Waals surface area contributed by atoms with Crippen LogP contribution in [0.5, 0.6) is 0 Å². The van der Waals surface area contributed by atoms with E-state index < -0.39 is 21.7 Å². The average Bonchev–Trinajstić information content (AvgIpc) is 2.10. The second-order valence-electron chi connectivity index (χ2n) is 4.99. The fourth-order valence-electron chi connectivity index (χ4n) is 1.36. The van der Waals surface area contributed by atoms with E-state index in [-0.39, 0.29) is 11.3 Å². The van der Waals surface area contributed by atoms with E-state index in [0.717, 1.165) is 0 Å². The maximum atomic E-state index is 11.8. The van der Waals surface area contributed by atoms with Crippen LogP contribution in [0.2, 0.25) is 0 Å². The van der Waals surface area contributed by atoms with Gasteiger partial charge in [0.1, 0.15) is 0 Å². The summed E-state index contributed by atoms with van der Waals surface area (Å²) in [5, 5.41) is 8.90. The van der Waals surface area contributed by atoms with Gasteiger partial charge in [0.2, 0.25) is 0 Å². The highest BCUT2D eigenvalue weighted by Gasteiger charge is 2.20. The summed E-state index contributed by atoms with van der Waals surface area (Å²) in [6.45, 7) is 5.11. The summed E-state index contributed by atoms with van der Waals surface area (Å²) in [4.78, 5) is 10.9. The predicted molar refractivity (Wildman–Crippen MR) is 76.5 cm³/mol. The molecule has 0 radical (unpaired) electrons. The quantitative estimate of drug-likeness (QED) is 0.775. The second-order valence-corrected chi connectivity index (χ2v) is 7.32. The minimum absolute atomic E-state index is 0.0113. The number of carbonyl (C=O) groups is 1. The van der Waals surface area contributed by atoms with Gasteiger partial charge >= 0.3 is 5.97 Å². The Bertz CT molecular complexity index is 593. The fraction of sp³-hybridized carbons (Fsp3) is 0.364. The van der Waals surface area contributed by atoms with Crippen LogP contribution < -0.4 is 9.44 Å². The fourth-order valence-corrected chi connectivity index (χ4v) is 3.13. The van der Waals surface area contributed by atoms with Gasteiger partial charge in [-0.2, -0.15) is 13.1 Å². The maximum Gasteiger partial charge on any atom is 0.335 e. The van der Waals surface area contributed by atoms with E-state index in [1.165, 1.54) is 18.2 Å². The van der Waals surface area contributed by atoms with Crippen molar-refractivity contribution < 1.29 is 18.3 Å². The van der Waals surface area contributed by atoms with Crippen LogP contribution in [-0.2, 0) is 10.2 Å². The van der Waals surface area contributed by atoms with E-state index in [0.29, 0.717) is 4.47 Å². The lowest BCUT2D eigenvalue weighted by atomic mass is 10.1. The minimum atomic E-state index is -3.77. The highest BCUT2D eigenvalue weighted by molar-refractivity contribution is 9.10. The Morgan fingerprint density at radius 3 is 2.32 bits per heavy atom. The Morgan fingerprint density at radius 1 is 1.26 bits per heavy atom. The molecule has 1 aromatic carbocycles. The molecule has 0 heterocycles. The number of anilines is 1. The van der Waals surface area contributed by atoms with Crippen molar-refractivity contribution in [3.63, 3.8) is 0 Å². The SMILES string of the molecule is CC(C)(C)NS(=O)(=O)Nc1cc(Br)cc(C(=O)O)c1. The summed E-state index contributed by atoms with van der Waals surface area (Å²) in [6, 6.07) is 4.11. The maximum absolute atomic E-state index is 11.8. The van der Waals surface area contributed by atoms with E-state index in [1.54, 1.807) is 20.8 Å². The normalized spacial score (nSPS) is 12.2. The molecule has 3 N–H and O–H groups in total. The molecule has 8 heteroatoms. The van der Waals surface area contributed by atoms with Gasteiger partial charge in [-0.3, -0.25) is 4.72 Å². The molecule has 0 aromatic heterocycles. The monoisotopic (exact) mass is 350 g/mol. The average molecular weight is 351 g/mol. The van der Waals surface area contributed by atoms with E-state index in [4.69, 9.17) is 5.11 Å². The zero-order valence-corrected chi connectivity index (χ0v) is 13.1. The van der Waals surface area contributed by atoms with Crippen LogP contribution in [0.15, 0.2) is 22.7 Å². The Labute approximate surface area is 120 Å². The van der Waals surface area contributed by atoms with Crippen LogP contribution in [0.25, 0.3) is 0 Å². The third-order valence-corrected chi connectivity index (χ3v) is 3.68. The number of rotatable bonds is 4. The second kappa shape index (κ2) is 5.48. The predicted octanol–water partition coefficient (Wildman–Crippen LogP) is 2.19. The number of nitrogens with one attached hydrogen (secondary N) is 2. The third-order valence-electron chi connectivity index (χ3n) is 1.84. The lowest BCUT2D eigenvalue weighted by Gasteiger charge is -2.21. The van der Waals surface area contributed by atoms with Gasteiger partial charge < -0.3 is 5.11 Å². The van der Waals surface area contributed by atoms with Gasteiger partial charge in [-0.25, -0.2) is 4.79 Å². The van der Waals surface area contributed by atoms with Crippen molar-refractivity contribution in [3.05, 3.63) is 28.2 Å². The zero-order chi connectivity index (χ0) is 14.8. The van der Waals surface area contributed by atoms with Crippen LogP contribution >= 0.6 is 15.9 Å². The van der Waals surface area contributed by atoms with Gasteiger partial charge in [-0.05, 0) is 39.0 Å². The van der Waals surface area contributed by atoms with Gasteiger partial charge in [0.25, 0.3) is 10.2 Å². The largest absolute Gasteiger partial charge is 0.478 e. The van der Waals surface area contributed by atoms with Crippen LogP contribution in [0, 0.1) is 0 Å². The molecule has 106 valence electrons. The van der Waals surface area contributed by atoms with Crippen molar-refractivity contribution in [3.8, 4) is 0 Å². The Kier molecular flexibility index (Phi) is 4.59. The summed E-state index contributed by atoms with van der Waals surface area (Å²) in [5.41, 5.74) is -0.473. The molecule has 1 rings (SSSR count). The molecule has 6 nitrogen and oxygen atoms in total. The Balaban J connectivity index is 3.03. The van der Waals surface area contributed by atoms with Crippen molar-refractivity contribution in [1.82, 2.24) is 4.72 Å². The topological polar surface area (TPSA) is 95.5 Å². The van der Waals surface area contributed by atoms with E-state index in [2.05, 4.69) is 25.4 Å². The molecule has 0 fully saturated rings. The van der Waals surface area contributed by atoms with E-state index in [1.807, 2.05) is 0 Å². The van der Waals surface area contributed by atoms with Gasteiger partial charge in [-0.15, -0.1) is 0 Å². The Morgan fingerprint density at radius 2 is 1.84 bits per heavy atom. The van der Waals surface area contributed by atoms with Crippen molar-refractivity contribution in [2.75, 3.05) is 4.72 Å². The number of carboxylic acid groups (broad SMARTS) is 1. The first-order valence-electron chi connectivity index (χ1n) is 5.34. The molecule has 0 amide bonds. The third kappa shape index (κ3) is 5.58. The summed E-state index contributed by atoms with van der Waals surface area (Å²) >= 11 is 3.13. The molecule has 0 saturated heterocycles. The molecular formula is C11H15BrN2O4S. The molecule has 1 aromatic rings. The zero-order valence-electron chi connectivity index (χ0n) is 10.7. The smallest absolute Gasteiger partial charge is 0.335 e. The van der Waals surface area contributed by atoms with Crippen molar-refractivity contribution in [2.45, 2.75) is 26.3 Å². The number of carboxylic acids is 1. The standard InChI is InChI=1S/C11H15BrN2O4S/c1-11(2,3)14-19(17,18)13-9-5-7(10(15)16)4-8(12)6-9/h4-6,13-14H,1-3H3,(H,15,16). The van der Waals surface area contributed by atoms with Gasteiger partial charge in [0, 0.05) is 10.0 Å². The first-order valence-corrected chi connectivity index (χ1v) is 7.62. The highest BCUT2D eigenvalue weighted by Crippen LogP contribution is 2.20.